The molecule has 1 saturated heterocycles. The Bertz CT molecular complexity index is 162. The van der Waals surface area contributed by atoms with E-state index in [9.17, 15) is 5.11 Å². The van der Waals surface area contributed by atoms with Gasteiger partial charge in [-0.05, 0) is 51.2 Å². The first-order valence-electron chi connectivity index (χ1n) is 5.42. The zero-order valence-corrected chi connectivity index (χ0v) is 8.18. The molecule has 13 heavy (non-hydrogen) atoms. The van der Waals surface area contributed by atoms with Gasteiger partial charge in [-0.1, -0.05) is 0 Å². The molecular formula is C10H20N2O. The van der Waals surface area contributed by atoms with Crippen LogP contribution in [-0.2, 0) is 0 Å². The predicted molar refractivity (Wildman–Crippen MR) is 52.6 cm³/mol. The van der Waals surface area contributed by atoms with Gasteiger partial charge in [-0.15, -0.1) is 0 Å². The lowest BCUT2D eigenvalue weighted by Crippen LogP contribution is -2.38. The topological polar surface area (TPSA) is 44.3 Å². The average molecular weight is 184 g/mol. The molecule has 0 spiro atoms. The van der Waals surface area contributed by atoms with Crippen molar-refractivity contribution in [2.75, 3.05) is 26.2 Å². The summed E-state index contributed by atoms with van der Waals surface area (Å²) in [6, 6.07) is 0. The molecule has 0 aromatic rings. The molecule has 1 aliphatic heterocycles. The highest BCUT2D eigenvalue weighted by Gasteiger charge is 2.39. The van der Waals surface area contributed by atoms with E-state index in [1.165, 1.54) is 19.4 Å². The van der Waals surface area contributed by atoms with E-state index in [1.54, 1.807) is 0 Å². The summed E-state index contributed by atoms with van der Waals surface area (Å²) in [5.74, 6) is 0.774. The van der Waals surface area contributed by atoms with E-state index in [-0.39, 0.29) is 5.60 Å². The normalized spacial score (nSPS) is 31.6. The van der Waals surface area contributed by atoms with Crippen LogP contribution in [0.2, 0.25) is 0 Å². The van der Waals surface area contributed by atoms with Crippen LogP contribution in [0.15, 0.2) is 0 Å². The summed E-state index contributed by atoms with van der Waals surface area (Å²) in [4.78, 5) is 0. The van der Waals surface area contributed by atoms with Crippen molar-refractivity contribution in [1.82, 2.24) is 10.6 Å². The standard InChI is InChI=1S/C10H20N2O/c13-10(3-4-10)8-12-7-9-2-1-5-11-6-9/h9,11-13H,1-8H2. The number of rotatable bonds is 4. The zero-order chi connectivity index (χ0) is 9.15. The molecule has 2 fully saturated rings. The van der Waals surface area contributed by atoms with Gasteiger partial charge in [0.1, 0.15) is 0 Å². The highest BCUT2D eigenvalue weighted by atomic mass is 16.3. The van der Waals surface area contributed by atoms with Gasteiger partial charge in [-0.2, -0.15) is 0 Å². The zero-order valence-electron chi connectivity index (χ0n) is 8.18. The molecule has 3 heteroatoms. The number of piperidine rings is 1. The molecule has 0 radical (unpaired) electrons. The van der Waals surface area contributed by atoms with Crippen molar-refractivity contribution in [1.29, 1.82) is 0 Å². The van der Waals surface area contributed by atoms with Crippen molar-refractivity contribution in [3.8, 4) is 0 Å². The third-order valence-corrected chi connectivity index (χ3v) is 3.11. The Kier molecular flexibility index (Phi) is 2.86. The van der Waals surface area contributed by atoms with Gasteiger partial charge in [0.25, 0.3) is 0 Å². The van der Waals surface area contributed by atoms with Crippen LogP contribution in [-0.4, -0.2) is 36.9 Å². The summed E-state index contributed by atoms with van der Waals surface area (Å²) >= 11 is 0. The van der Waals surface area contributed by atoms with Crippen LogP contribution in [0.3, 0.4) is 0 Å². The fourth-order valence-corrected chi connectivity index (χ4v) is 1.93. The van der Waals surface area contributed by atoms with Crippen LogP contribution in [0.1, 0.15) is 25.7 Å². The smallest absolute Gasteiger partial charge is 0.0773 e. The van der Waals surface area contributed by atoms with Crippen LogP contribution >= 0.6 is 0 Å². The SMILES string of the molecule is OC1(CNCC2CCCNC2)CC1. The van der Waals surface area contributed by atoms with Gasteiger partial charge in [0.15, 0.2) is 0 Å². The van der Waals surface area contributed by atoms with Gasteiger partial charge >= 0.3 is 0 Å². The van der Waals surface area contributed by atoms with Crippen molar-refractivity contribution in [2.24, 2.45) is 5.92 Å². The summed E-state index contributed by atoms with van der Waals surface area (Å²) in [6.07, 6.45) is 4.61. The first kappa shape index (κ1) is 9.44. The third-order valence-electron chi connectivity index (χ3n) is 3.11. The second-order valence-electron chi connectivity index (χ2n) is 4.57. The predicted octanol–water partition coefficient (Wildman–Crippen LogP) is 0.100. The highest BCUT2D eigenvalue weighted by Crippen LogP contribution is 2.33. The van der Waals surface area contributed by atoms with Crippen LogP contribution in [0.4, 0.5) is 0 Å². The second kappa shape index (κ2) is 3.95. The van der Waals surface area contributed by atoms with Crippen LogP contribution < -0.4 is 10.6 Å². The Labute approximate surface area is 79.9 Å². The Hall–Kier alpha value is -0.120. The van der Waals surface area contributed by atoms with E-state index in [2.05, 4.69) is 10.6 Å². The fourth-order valence-electron chi connectivity index (χ4n) is 1.93. The van der Waals surface area contributed by atoms with Crippen LogP contribution in [0, 0.1) is 5.92 Å². The second-order valence-corrected chi connectivity index (χ2v) is 4.57. The molecule has 2 rings (SSSR count). The van der Waals surface area contributed by atoms with Crippen molar-refractivity contribution < 1.29 is 5.11 Å². The van der Waals surface area contributed by atoms with Gasteiger partial charge in [0.2, 0.25) is 0 Å². The van der Waals surface area contributed by atoms with Crippen molar-refractivity contribution in [3.63, 3.8) is 0 Å². The quantitative estimate of drug-likeness (QED) is 0.580. The van der Waals surface area contributed by atoms with Gasteiger partial charge in [0.05, 0.1) is 5.60 Å². The Balaban J connectivity index is 1.56. The minimum atomic E-state index is -0.331. The maximum absolute atomic E-state index is 9.58. The van der Waals surface area contributed by atoms with E-state index in [0.29, 0.717) is 0 Å². The summed E-state index contributed by atoms with van der Waals surface area (Å²) in [7, 11) is 0. The lowest BCUT2D eigenvalue weighted by atomic mass is 10.00. The average Bonchev–Trinajstić information content (AvgIpc) is 2.86. The number of aliphatic hydroxyl groups is 1. The Morgan fingerprint density at radius 1 is 1.46 bits per heavy atom. The molecule has 1 heterocycles. The molecule has 1 unspecified atom stereocenters. The molecule has 1 aliphatic carbocycles. The molecule has 1 saturated carbocycles. The summed E-state index contributed by atoms with van der Waals surface area (Å²) < 4.78 is 0. The maximum Gasteiger partial charge on any atom is 0.0773 e. The minimum Gasteiger partial charge on any atom is -0.389 e. The molecule has 1 atom stereocenters. The first-order valence-corrected chi connectivity index (χ1v) is 5.42. The van der Waals surface area contributed by atoms with Gasteiger partial charge in [0, 0.05) is 6.54 Å². The summed E-state index contributed by atoms with van der Waals surface area (Å²) in [6.45, 7) is 4.19. The van der Waals surface area contributed by atoms with Crippen LogP contribution in [0.5, 0.6) is 0 Å². The molecule has 3 nitrogen and oxygen atoms in total. The Morgan fingerprint density at radius 2 is 2.31 bits per heavy atom. The monoisotopic (exact) mass is 184 g/mol. The largest absolute Gasteiger partial charge is 0.389 e. The van der Waals surface area contributed by atoms with E-state index in [1.807, 2.05) is 0 Å². The molecule has 3 N–H and O–H groups in total. The molecule has 0 bridgehead atoms. The lowest BCUT2D eigenvalue weighted by Gasteiger charge is -2.23. The molecule has 0 aromatic heterocycles. The number of hydrogen-bond donors (Lipinski definition) is 3. The van der Waals surface area contributed by atoms with Gasteiger partial charge < -0.3 is 15.7 Å². The number of nitrogens with one attached hydrogen (secondary N) is 2. The van der Waals surface area contributed by atoms with E-state index in [0.717, 1.165) is 38.4 Å². The fraction of sp³-hybridized carbons (Fsp3) is 1.00. The summed E-state index contributed by atoms with van der Waals surface area (Å²) in [5.41, 5.74) is -0.331. The van der Waals surface area contributed by atoms with Crippen molar-refractivity contribution >= 4 is 0 Å². The minimum absolute atomic E-state index is 0.331. The molecule has 76 valence electrons. The third kappa shape index (κ3) is 2.93. The van der Waals surface area contributed by atoms with Crippen molar-refractivity contribution in [3.05, 3.63) is 0 Å². The molecule has 0 aromatic carbocycles. The highest BCUT2D eigenvalue weighted by molar-refractivity contribution is 4.95. The van der Waals surface area contributed by atoms with Crippen molar-refractivity contribution in [2.45, 2.75) is 31.3 Å². The number of hydrogen-bond acceptors (Lipinski definition) is 3. The van der Waals surface area contributed by atoms with E-state index >= 15 is 0 Å². The first-order chi connectivity index (χ1) is 6.29. The lowest BCUT2D eigenvalue weighted by molar-refractivity contribution is 0.145. The van der Waals surface area contributed by atoms with Gasteiger partial charge in [-0.3, -0.25) is 0 Å². The Morgan fingerprint density at radius 3 is 2.92 bits per heavy atom. The maximum atomic E-state index is 9.58. The van der Waals surface area contributed by atoms with Crippen LogP contribution in [0.25, 0.3) is 0 Å². The van der Waals surface area contributed by atoms with E-state index in [4.69, 9.17) is 0 Å². The molecular weight excluding hydrogens is 164 g/mol. The van der Waals surface area contributed by atoms with Gasteiger partial charge in [-0.25, -0.2) is 0 Å². The molecule has 2 aliphatic rings. The van der Waals surface area contributed by atoms with E-state index < -0.39 is 0 Å². The molecule has 0 amide bonds. The summed E-state index contributed by atoms with van der Waals surface area (Å²) in [5, 5.41) is 16.3.